The van der Waals surface area contributed by atoms with E-state index in [4.69, 9.17) is 10.5 Å². The molecular formula is C14H16N4O2. The van der Waals surface area contributed by atoms with Crippen molar-refractivity contribution >= 4 is 11.6 Å². The highest BCUT2D eigenvalue weighted by Gasteiger charge is 2.12. The molecule has 6 nitrogen and oxygen atoms in total. The van der Waals surface area contributed by atoms with Crippen LogP contribution in [-0.2, 0) is 6.54 Å². The van der Waals surface area contributed by atoms with E-state index in [0.717, 1.165) is 5.69 Å². The second-order valence-corrected chi connectivity index (χ2v) is 4.24. The van der Waals surface area contributed by atoms with Crippen molar-refractivity contribution in [1.82, 2.24) is 15.3 Å². The van der Waals surface area contributed by atoms with E-state index in [2.05, 4.69) is 15.3 Å². The van der Waals surface area contributed by atoms with Crippen LogP contribution in [0.25, 0.3) is 0 Å². The van der Waals surface area contributed by atoms with Crippen molar-refractivity contribution in [2.75, 3.05) is 12.8 Å². The summed E-state index contributed by atoms with van der Waals surface area (Å²) < 4.78 is 5.15. The van der Waals surface area contributed by atoms with Crippen molar-refractivity contribution in [3.63, 3.8) is 0 Å². The number of hydrogen-bond acceptors (Lipinski definition) is 5. The SMILES string of the molecule is COc1ccc(N)cc1C(=O)NCc1ccnc(C)n1. The van der Waals surface area contributed by atoms with Crippen molar-refractivity contribution in [3.05, 3.63) is 47.5 Å². The summed E-state index contributed by atoms with van der Waals surface area (Å²) in [5.74, 6) is 0.888. The molecule has 1 amide bonds. The minimum Gasteiger partial charge on any atom is -0.496 e. The number of benzene rings is 1. The fraction of sp³-hybridized carbons (Fsp3) is 0.214. The molecule has 1 aromatic heterocycles. The maximum absolute atomic E-state index is 12.1. The lowest BCUT2D eigenvalue weighted by Gasteiger charge is -2.10. The molecule has 0 fully saturated rings. The molecule has 0 aliphatic rings. The smallest absolute Gasteiger partial charge is 0.255 e. The molecule has 0 saturated carbocycles. The molecule has 104 valence electrons. The first-order valence-corrected chi connectivity index (χ1v) is 6.10. The molecule has 0 unspecified atom stereocenters. The highest BCUT2D eigenvalue weighted by Crippen LogP contribution is 2.20. The Balaban J connectivity index is 2.10. The first-order valence-electron chi connectivity index (χ1n) is 6.10. The average molecular weight is 272 g/mol. The van der Waals surface area contributed by atoms with Gasteiger partial charge in [0.15, 0.2) is 0 Å². The number of rotatable bonds is 4. The third-order valence-corrected chi connectivity index (χ3v) is 2.73. The van der Waals surface area contributed by atoms with Crippen molar-refractivity contribution in [3.8, 4) is 5.75 Å². The molecule has 0 radical (unpaired) electrons. The van der Waals surface area contributed by atoms with Gasteiger partial charge in [0.25, 0.3) is 5.91 Å². The first-order chi connectivity index (χ1) is 9.60. The van der Waals surface area contributed by atoms with Crippen molar-refractivity contribution in [2.45, 2.75) is 13.5 Å². The zero-order chi connectivity index (χ0) is 14.5. The van der Waals surface area contributed by atoms with Gasteiger partial charge < -0.3 is 15.8 Å². The van der Waals surface area contributed by atoms with E-state index in [1.165, 1.54) is 7.11 Å². The van der Waals surface area contributed by atoms with E-state index in [9.17, 15) is 4.79 Å². The van der Waals surface area contributed by atoms with Gasteiger partial charge in [-0.25, -0.2) is 9.97 Å². The first kappa shape index (κ1) is 13.8. The lowest BCUT2D eigenvalue weighted by molar-refractivity contribution is 0.0947. The van der Waals surface area contributed by atoms with Crippen LogP contribution in [0.4, 0.5) is 5.69 Å². The number of carbonyl (C=O) groups excluding carboxylic acids is 1. The highest BCUT2D eigenvalue weighted by molar-refractivity contribution is 5.97. The summed E-state index contributed by atoms with van der Waals surface area (Å²) in [7, 11) is 1.51. The van der Waals surface area contributed by atoms with E-state index in [0.29, 0.717) is 29.4 Å². The fourth-order valence-electron chi connectivity index (χ4n) is 1.77. The molecule has 0 aliphatic carbocycles. The van der Waals surface area contributed by atoms with Gasteiger partial charge >= 0.3 is 0 Å². The van der Waals surface area contributed by atoms with Crippen LogP contribution in [0.3, 0.4) is 0 Å². The standard InChI is InChI=1S/C14H16N4O2/c1-9-16-6-5-11(18-9)8-17-14(19)12-7-10(15)3-4-13(12)20-2/h3-7H,8,15H2,1-2H3,(H,17,19). The predicted molar refractivity (Wildman–Crippen MR) is 75.3 cm³/mol. The average Bonchev–Trinajstić information content (AvgIpc) is 2.45. The van der Waals surface area contributed by atoms with E-state index in [1.54, 1.807) is 37.4 Å². The number of hydrogen-bond donors (Lipinski definition) is 2. The number of ether oxygens (including phenoxy) is 1. The number of nitrogens with one attached hydrogen (secondary N) is 1. The second kappa shape index (κ2) is 6.01. The van der Waals surface area contributed by atoms with Crippen molar-refractivity contribution < 1.29 is 9.53 Å². The number of nitrogens with two attached hydrogens (primary N) is 1. The van der Waals surface area contributed by atoms with Gasteiger partial charge in [-0.15, -0.1) is 0 Å². The van der Waals surface area contributed by atoms with Crippen molar-refractivity contribution in [1.29, 1.82) is 0 Å². The van der Waals surface area contributed by atoms with Crippen LogP contribution in [-0.4, -0.2) is 23.0 Å². The number of aromatic nitrogens is 2. The Morgan fingerprint density at radius 2 is 2.20 bits per heavy atom. The van der Waals surface area contributed by atoms with Gasteiger partial charge in [0.2, 0.25) is 0 Å². The molecule has 3 N–H and O–H groups in total. The molecule has 2 aromatic rings. The maximum Gasteiger partial charge on any atom is 0.255 e. The van der Waals surface area contributed by atoms with Gasteiger partial charge in [0.05, 0.1) is 24.9 Å². The normalized spacial score (nSPS) is 10.1. The summed E-state index contributed by atoms with van der Waals surface area (Å²) in [6, 6.07) is 6.69. The molecule has 0 saturated heterocycles. The van der Waals surface area contributed by atoms with Crippen LogP contribution in [0.2, 0.25) is 0 Å². The molecule has 0 spiro atoms. The molecular weight excluding hydrogens is 256 g/mol. The Morgan fingerprint density at radius 1 is 1.40 bits per heavy atom. The van der Waals surface area contributed by atoms with Gasteiger partial charge in [0.1, 0.15) is 11.6 Å². The quantitative estimate of drug-likeness (QED) is 0.819. The number of amides is 1. The number of anilines is 1. The van der Waals surface area contributed by atoms with Crippen molar-refractivity contribution in [2.24, 2.45) is 0 Å². The summed E-state index contributed by atoms with van der Waals surface area (Å²) in [4.78, 5) is 20.4. The Labute approximate surface area is 117 Å². The van der Waals surface area contributed by atoms with Crippen LogP contribution in [0.15, 0.2) is 30.5 Å². The van der Waals surface area contributed by atoms with E-state index >= 15 is 0 Å². The molecule has 6 heteroatoms. The summed E-state index contributed by atoms with van der Waals surface area (Å²) in [6.45, 7) is 2.12. The van der Waals surface area contributed by atoms with Crippen LogP contribution >= 0.6 is 0 Å². The number of methoxy groups -OCH3 is 1. The molecule has 0 aliphatic heterocycles. The Morgan fingerprint density at radius 3 is 2.90 bits per heavy atom. The van der Waals surface area contributed by atoms with E-state index < -0.39 is 0 Å². The molecule has 20 heavy (non-hydrogen) atoms. The zero-order valence-corrected chi connectivity index (χ0v) is 11.4. The van der Waals surface area contributed by atoms with E-state index in [1.807, 2.05) is 0 Å². The fourth-order valence-corrected chi connectivity index (χ4v) is 1.77. The third-order valence-electron chi connectivity index (χ3n) is 2.73. The topological polar surface area (TPSA) is 90.1 Å². The lowest BCUT2D eigenvalue weighted by Crippen LogP contribution is -2.24. The summed E-state index contributed by atoms with van der Waals surface area (Å²) in [5.41, 5.74) is 7.34. The van der Waals surface area contributed by atoms with Crippen LogP contribution in [0.5, 0.6) is 5.75 Å². The van der Waals surface area contributed by atoms with Crippen LogP contribution in [0.1, 0.15) is 21.9 Å². The Hall–Kier alpha value is -2.63. The van der Waals surface area contributed by atoms with Crippen LogP contribution in [0, 0.1) is 6.92 Å². The highest BCUT2D eigenvalue weighted by atomic mass is 16.5. The zero-order valence-electron chi connectivity index (χ0n) is 11.4. The predicted octanol–water partition coefficient (Wildman–Crippen LogP) is 1.31. The number of nitrogen functional groups attached to an aromatic ring is 1. The van der Waals surface area contributed by atoms with Gasteiger partial charge in [-0.05, 0) is 31.2 Å². The second-order valence-electron chi connectivity index (χ2n) is 4.24. The molecule has 0 atom stereocenters. The Kier molecular flexibility index (Phi) is 4.14. The molecule has 1 heterocycles. The number of aryl methyl sites for hydroxylation is 1. The van der Waals surface area contributed by atoms with Gasteiger partial charge in [-0.3, -0.25) is 4.79 Å². The summed E-state index contributed by atoms with van der Waals surface area (Å²) >= 11 is 0. The van der Waals surface area contributed by atoms with Gasteiger partial charge in [0, 0.05) is 11.9 Å². The third kappa shape index (κ3) is 3.23. The monoisotopic (exact) mass is 272 g/mol. The van der Waals surface area contributed by atoms with E-state index in [-0.39, 0.29) is 5.91 Å². The van der Waals surface area contributed by atoms with Crippen LogP contribution < -0.4 is 15.8 Å². The molecule has 1 aromatic carbocycles. The number of nitrogens with zero attached hydrogens (tertiary/aromatic N) is 2. The number of carbonyl (C=O) groups is 1. The minimum absolute atomic E-state index is 0.259. The van der Waals surface area contributed by atoms with Gasteiger partial charge in [-0.2, -0.15) is 0 Å². The largest absolute Gasteiger partial charge is 0.496 e. The maximum atomic E-state index is 12.1. The van der Waals surface area contributed by atoms with Gasteiger partial charge in [-0.1, -0.05) is 0 Å². The summed E-state index contributed by atoms with van der Waals surface area (Å²) in [6.07, 6.45) is 1.66. The minimum atomic E-state index is -0.259. The summed E-state index contributed by atoms with van der Waals surface area (Å²) in [5, 5.41) is 2.78. The Bertz CT molecular complexity index is 628. The lowest BCUT2D eigenvalue weighted by atomic mass is 10.1. The molecule has 2 rings (SSSR count). The molecule has 0 bridgehead atoms.